The van der Waals surface area contributed by atoms with Gasteiger partial charge in [0.25, 0.3) is 0 Å². The van der Waals surface area contributed by atoms with Crippen LogP contribution in [0.25, 0.3) is 10.8 Å². The molecule has 0 atom stereocenters. The summed E-state index contributed by atoms with van der Waals surface area (Å²) in [5.74, 6) is 0. The first kappa shape index (κ1) is 24.0. The molecule has 0 aromatic heterocycles. The van der Waals surface area contributed by atoms with Crippen LogP contribution in [0.15, 0.2) is 42.5 Å². The van der Waals surface area contributed by atoms with E-state index in [1.54, 1.807) is 0 Å². The van der Waals surface area contributed by atoms with Crippen LogP contribution in [0.3, 0.4) is 0 Å². The molecular weight excluding hydrogens is 405 g/mol. The maximum Gasteiger partial charge on any atom is 0 e. The molecule has 0 saturated heterocycles. The van der Waals surface area contributed by atoms with Crippen molar-refractivity contribution in [2.45, 2.75) is 0 Å². The molecule has 0 unspecified atom stereocenters. The van der Waals surface area contributed by atoms with Crippen LogP contribution in [0.4, 0.5) is 0 Å². The van der Waals surface area contributed by atoms with Crippen molar-refractivity contribution in [3.8, 4) is 0 Å². The average Bonchev–Trinajstić information content (AvgIpc) is 2.33. The van der Waals surface area contributed by atoms with Crippen LogP contribution in [-0.4, -0.2) is 0 Å². The summed E-state index contributed by atoms with van der Waals surface area (Å²) in [6, 6.07) is 14.7. The molecular formula is C10H13Cl3Hf-2. The smallest absolute Gasteiger partial charge is 0 e. The van der Waals surface area contributed by atoms with Gasteiger partial charge >= 0.3 is 0 Å². The Balaban J connectivity index is -0.0000001000. The predicted octanol–water partition coefficient (Wildman–Crippen LogP) is 4.27. The van der Waals surface area contributed by atoms with Crippen molar-refractivity contribution in [3.63, 3.8) is 0 Å². The minimum absolute atomic E-state index is 0. The summed E-state index contributed by atoms with van der Waals surface area (Å²) < 4.78 is 0. The van der Waals surface area contributed by atoms with E-state index in [9.17, 15) is 0 Å². The Morgan fingerprint density at radius 3 is 2.00 bits per heavy atom. The Kier molecular flexibility index (Phi) is 20.0. The van der Waals surface area contributed by atoms with Crippen LogP contribution in [0.2, 0.25) is 0 Å². The molecule has 0 N–H and O–H groups in total. The molecule has 0 fully saturated rings. The molecule has 4 heteroatoms. The van der Waals surface area contributed by atoms with Crippen molar-refractivity contribution >= 4 is 48.0 Å². The van der Waals surface area contributed by atoms with Gasteiger partial charge in [0.05, 0.1) is 0 Å². The van der Waals surface area contributed by atoms with Gasteiger partial charge in [-0.3, -0.25) is 0 Å². The van der Waals surface area contributed by atoms with E-state index in [2.05, 4.69) is 42.5 Å². The van der Waals surface area contributed by atoms with Crippen molar-refractivity contribution in [2.75, 3.05) is 0 Å². The van der Waals surface area contributed by atoms with Gasteiger partial charge in [-0.2, -0.15) is 17.5 Å². The zero-order valence-electron chi connectivity index (χ0n) is 7.77. The Morgan fingerprint density at radius 2 is 1.43 bits per heavy atom. The molecule has 2 aromatic rings. The average molecular weight is 418 g/mol. The van der Waals surface area contributed by atoms with Gasteiger partial charge in [0.1, 0.15) is 0 Å². The number of hydrogen-bond donors (Lipinski definition) is 0. The van der Waals surface area contributed by atoms with Crippen molar-refractivity contribution in [1.82, 2.24) is 0 Å². The van der Waals surface area contributed by atoms with Gasteiger partial charge in [-0.05, 0) is 0 Å². The minimum Gasteiger partial charge on any atom is -0.358 e. The molecule has 14 heavy (non-hydrogen) atoms. The first-order valence-electron chi connectivity index (χ1n) is 3.07. The number of hydrogen-bond acceptors (Lipinski definition) is 0. The van der Waals surface area contributed by atoms with Gasteiger partial charge < -0.3 is 7.43 Å². The molecule has 0 heterocycles. The van der Waals surface area contributed by atoms with Crippen LogP contribution in [0, 0.1) is 7.43 Å². The molecule has 2 aromatic carbocycles. The van der Waals surface area contributed by atoms with Crippen LogP contribution < -0.4 is 0 Å². The van der Waals surface area contributed by atoms with E-state index >= 15 is 0 Å². The second-order valence-electron chi connectivity index (χ2n) is 2.15. The SMILES string of the molecule is Cl.Cl.Cl.[CH3-].[Hf].c1ccc2[cH-]ccc2c1. The van der Waals surface area contributed by atoms with Crippen molar-refractivity contribution in [3.05, 3.63) is 49.9 Å². The standard InChI is InChI=1S/C9H7.CH3.3ClH.Hf/c1-2-5-9-7-3-6-8(9)4-1;;;;;/h1-7H;1H3;3*1H;/q2*-1;;;;. The van der Waals surface area contributed by atoms with Gasteiger partial charge in [-0.15, -0.1) is 66.9 Å². The number of halogens is 3. The molecule has 80 valence electrons. The molecule has 0 spiro atoms. The first-order chi connectivity index (χ1) is 4.47. The number of benzene rings is 1. The molecule has 2 rings (SSSR count). The summed E-state index contributed by atoms with van der Waals surface area (Å²) in [6.07, 6.45) is 0. The van der Waals surface area contributed by atoms with E-state index in [0.717, 1.165) is 0 Å². The predicted molar refractivity (Wildman–Crippen MR) is 67.7 cm³/mol. The van der Waals surface area contributed by atoms with E-state index in [-0.39, 0.29) is 70.5 Å². The molecule has 0 saturated carbocycles. The third-order valence-electron chi connectivity index (χ3n) is 1.55. The maximum atomic E-state index is 2.12. The van der Waals surface area contributed by atoms with E-state index in [1.165, 1.54) is 10.8 Å². The summed E-state index contributed by atoms with van der Waals surface area (Å²) in [7, 11) is 0. The van der Waals surface area contributed by atoms with Crippen LogP contribution >= 0.6 is 37.2 Å². The van der Waals surface area contributed by atoms with E-state index < -0.39 is 0 Å². The fourth-order valence-corrected chi connectivity index (χ4v) is 1.07. The van der Waals surface area contributed by atoms with Crippen LogP contribution in [0.5, 0.6) is 0 Å². The van der Waals surface area contributed by atoms with Crippen molar-refractivity contribution in [2.24, 2.45) is 0 Å². The van der Waals surface area contributed by atoms with Crippen molar-refractivity contribution < 1.29 is 25.8 Å². The Hall–Kier alpha value is 0.570. The van der Waals surface area contributed by atoms with Gasteiger partial charge in [0, 0.05) is 25.8 Å². The van der Waals surface area contributed by atoms with Gasteiger partial charge in [0.2, 0.25) is 0 Å². The summed E-state index contributed by atoms with van der Waals surface area (Å²) in [5, 5.41) is 2.66. The third kappa shape index (κ3) is 5.45. The molecule has 0 aliphatic carbocycles. The molecule has 0 bridgehead atoms. The monoisotopic (exact) mass is 418 g/mol. The topological polar surface area (TPSA) is 0 Å². The molecule has 0 amide bonds. The molecule has 0 aliphatic heterocycles. The van der Waals surface area contributed by atoms with Crippen LogP contribution in [-0.2, 0) is 25.8 Å². The largest absolute Gasteiger partial charge is 0.358 e. The third-order valence-corrected chi connectivity index (χ3v) is 1.55. The van der Waals surface area contributed by atoms with E-state index in [0.29, 0.717) is 0 Å². The normalized spacial score (nSPS) is 6.57. The summed E-state index contributed by atoms with van der Waals surface area (Å²) >= 11 is 0. The fraction of sp³-hybridized carbons (Fsp3) is 0. The minimum atomic E-state index is 0. The first-order valence-corrected chi connectivity index (χ1v) is 3.07. The van der Waals surface area contributed by atoms with Gasteiger partial charge in [-0.25, -0.2) is 0 Å². The van der Waals surface area contributed by atoms with Gasteiger partial charge in [0.15, 0.2) is 0 Å². The fourth-order valence-electron chi connectivity index (χ4n) is 1.07. The van der Waals surface area contributed by atoms with Crippen molar-refractivity contribution in [1.29, 1.82) is 0 Å². The summed E-state index contributed by atoms with van der Waals surface area (Å²) in [6.45, 7) is 0. The second kappa shape index (κ2) is 11.6. The Morgan fingerprint density at radius 1 is 0.857 bits per heavy atom. The number of rotatable bonds is 0. The Labute approximate surface area is 123 Å². The maximum absolute atomic E-state index is 2.12. The van der Waals surface area contributed by atoms with E-state index in [4.69, 9.17) is 0 Å². The summed E-state index contributed by atoms with van der Waals surface area (Å²) in [4.78, 5) is 0. The van der Waals surface area contributed by atoms with Crippen LogP contribution in [0.1, 0.15) is 0 Å². The summed E-state index contributed by atoms with van der Waals surface area (Å²) in [5.41, 5.74) is 0. The quantitative estimate of drug-likeness (QED) is 0.443. The van der Waals surface area contributed by atoms with Gasteiger partial charge in [-0.1, -0.05) is 6.07 Å². The molecule has 0 radical (unpaired) electrons. The van der Waals surface area contributed by atoms with E-state index in [1.807, 2.05) is 0 Å². The molecule has 0 nitrogen and oxygen atoms in total. The second-order valence-corrected chi connectivity index (χ2v) is 2.15. The molecule has 0 aliphatic rings. The Bertz CT molecular complexity index is 289. The number of fused-ring (bicyclic) bond motifs is 1. The zero-order valence-corrected chi connectivity index (χ0v) is 13.8. The zero-order chi connectivity index (χ0) is 6.10.